The van der Waals surface area contributed by atoms with Crippen LogP contribution in [-0.2, 0) is 6.54 Å². The summed E-state index contributed by atoms with van der Waals surface area (Å²) in [6.45, 7) is 0.489. The summed E-state index contributed by atoms with van der Waals surface area (Å²) in [5.41, 5.74) is 1.40. The van der Waals surface area contributed by atoms with E-state index in [0.717, 1.165) is 10.0 Å². The first-order valence-corrected chi connectivity index (χ1v) is 6.92. The highest BCUT2D eigenvalue weighted by Gasteiger charge is 2.16. The summed E-state index contributed by atoms with van der Waals surface area (Å²) in [5, 5.41) is 14.0. The van der Waals surface area contributed by atoms with E-state index in [9.17, 15) is 10.1 Å². The Hall–Kier alpha value is -1.47. The van der Waals surface area contributed by atoms with Gasteiger partial charge in [0.15, 0.2) is 0 Å². The third kappa shape index (κ3) is 3.51. The molecule has 7 heteroatoms. The second-order valence-corrected chi connectivity index (χ2v) is 5.53. The first kappa shape index (κ1) is 14.0. The summed E-state index contributed by atoms with van der Waals surface area (Å²) < 4.78 is 1.53. The number of hydrogen-bond acceptors (Lipinski definition) is 4. The lowest BCUT2D eigenvalue weighted by atomic mass is 10.2. The number of nitro groups is 1. The number of anilines is 1. The molecule has 2 rings (SSSR count). The Bertz CT molecular complexity index is 620. The van der Waals surface area contributed by atoms with E-state index in [1.54, 1.807) is 0 Å². The molecule has 0 bridgehead atoms. The lowest BCUT2D eigenvalue weighted by Gasteiger charge is -2.09. The highest BCUT2D eigenvalue weighted by molar-refractivity contribution is 9.10. The Kier molecular flexibility index (Phi) is 4.49. The zero-order chi connectivity index (χ0) is 13.8. The Morgan fingerprint density at radius 2 is 2.11 bits per heavy atom. The molecule has 5 nitrogen and oxygen atoms in total. The van der Waals surface area contributed by atoms with Crippen LogP contribution in [0.5, 0.6) is 0 Å². The SMILES string of the molecule is O=[N+]([O-])c1cncc(Br)c1NCc1cccc(Br)c1. The smallest absolute Gasteiger partial charge is 0.311 e. The monoisotopic (exact) mass is 385 g/mol. The van der Waals surface area contributed by atoms with Crippen molar-refractivity contribution in [3.63, 3.8) is 0 Å². The number of benzene rings is 1. The molecule has 0 atom stereocenters. The standard InChI is InChI=1S/C12H9Br2N3O2/c13-9-3-1-2-8(4-9)5-16-12-10(14)6-15-7-11(12)17(18)19/h1-4,6-7H,5H2,(H,15,16). The molecule has 19 heavy (non-hydrogen) atoms. The van der Waals surface area contributed by atoms with Gasteiger partial charge in [0.1, 0.15) is 11.9 Å². The van der Waals surface area contributed by atoms with Gasteiger partial charge in [-0.05, 0) is 33.6 Å². The van der Waals surface area contributed by atoms with Crippen molar-refractivity contribution in [3.8, 4) is 0 Å². The van der Waals surface area contributed by atoms with E-state index in [0.29, 0.717) is 16.7 Å². The molecule has 1 N–H and O–H groups in total. The number of nitrogens with one attached hydrogen (secondary N) is 1. The lowest BCUT2D eigenvalue weighted by molar-refractivity contribution is -0.384. The molecule has 0 unspecified atom stereocenters. The highest BCUT2D eigenvalue weighted by Crippen LogP contribution is 2.31. The van der Waals surface area contributed by atoms with Crippen molar-refractivity contribution in [1.82, 2.24) is 4.98 Å². The van der Waals surface area contributed by atoms with Gasteiger partial charge < -0.3 is 5.32 Å². The Morgan fingerprint density at radius 1 is 1.32 bits per heavy atom. The quantitative estimate of drug-likeness (QED) is 0.633. The van der Waals surface area contributed by atoms with Crippen molar-refractivity contribution >= 4 is 43.2 Å². The largest absolute Gasteiger partial charge is 0.374 e. The fourth-order valence-corrected chi connectivity index (χ4v) is 2.48. The van der Waals surface area contributed by atoms with Crippen molar-refractivity contribution in [2.75, 3.05) is 5.32 Å². The molecule has 0 spiro atoms. The predicted molar refractivity (Wildman–Crippen MR) is 80.1 cm³/mol. The van der Waals surface area contributed by atoms with Crippen LogP contribution < -0.4 is 5.32 Å². The first-order chi connectivity index (χ1) is 9.08. The van der Waals surface area contributed by atoms with Crippen LogP contribution in [0.4, 0.5) is 11.4 Å². The molecule has 0 radical (unpaired) electrons. The van der Waals surface area contributed by atoms with Gasteiger partial charge in [-0.3, -0.25) is 15.1 Å². The van der Waals surface area contributed by atoms with Crippen molar-refractivity contribution in [2.45, 2.75) is 6.54 Å². The zero-order valence-electron chi connectivity index (χ0n) is 9.64. The van der Waals surface area contributed by atoms with E-state index >= 15 is 0 Å². The topological polar surface area (TPSA) is 68.1 Å². The third-order valence-corrected chi connectivity index (χ3v) is 3.53. The minimum absolute atomic E-state index is 0.0515. The molecule has 98 valence electrons. The number of aromatic nitrogens is 1. The molecule has 0 aliphatic rings. The summed E-state index contributed by atoms with van der Waals surface area (Å²) in [4.78, 5) is 14.3. The van der Waals surface area contributed by atoms with Gasteiger partial charge in [0.25, 0.3) is 0 Å². The van der Waals surface area contributed by atoms with Crippen LogP contribution in [0.3, 0.4) is 0 Å². The van der Waals surface area contributed by atoms with Crippen LogP contribution in [0.15, 0.2) is 45.6 Å². The molecular weight excluding hydrogens is 378 g/mol. The second-order valence-electron chi connectivity index (χ2n) is 3.76. The summed E-state index contributed by atoms with van der Waals surface area (Å²) in [5.74, 6) is 0. The Labute approximate surface area is 126 Å². The molecule has 0 saturated heterocycles. The Morgan fingerprint density at radius 3 is 2.79 bits per heavy atom. The van der Waals surface area contributed by atoms with E-state index in [1.807, 2.05) is 24.3 Å². The molecule has 0 aliphatic carbocycles. The lowest BCUT2D eigenvalue weighted by Crippen LogP contribution is -2.04. The molecule has 0 aliphatic heterocycles. The normalized spacial score (nSPS) is 10.2. The maximum atomic E-state index is 10.9. The maximum Gasteiger partial charge on any atom is 0.311 e. The van der Waals surface area contributed by atoms with E-state index in [4.69, 9.17) is 0 Å². The van der Waals surface area contributed by atoms with E-state index in [2.05, 4.69) is 42.2 Å². The second kappa shape index (κ2) is 6.12. The highest BCUT2D eigenvalue weighted by atomic mass is 79.9. The van der Waals surface area contributed by atoms with E-state index in [-0.39, 0.29) is 5.69 Å². The zero-order valence-corrected chi connectivity index (χ0v) is 12.8. The number of pyridine rings is 1. The van der Waals surface area contributed by atoms with Crippen LogP contribution >= 0.6 is 31.9 Å². The predicted octanol–water partition coefficient (Wildman–Crippen LogP) is 4.13. The van der Waals surface area contributed by atoms with Gasteiger partial charge in [0.05, 0.1) is 9.40 Å². The van der Waals surface area contributed by atoms with Crippen LogP contribution in [0, 0.1) is 10.1 Å². The van der Waals surface area contributed by atoms with Gasteiger partial charge >= 0.3 is 5.69 Å². The summed E-state index contributed by atoms with van der Waals surface area (Å²) in [6.07, 6.45) is 2.75. The summed E-state index contributed by atoms with van der Waals surface area (Å²) in [7, 11) is 0. The van der Waals surface area contributed by atoms with Crippen LogP contribution in [0.2, 0.25) is 0 Å². The van der Waals surface area contributed by atoms with Crippen molar-refractivity contribution in [2.24, 2.45) is 0 Å². The molecule has 2 aromatic rings. The van der Waals surface area contributed by atoms with Gasteiger partial charge in [-0.2, -0.15) is 0 Å². The fourth-order valence-electron chi connectivity index (χ4n) is 1.58. The maximum absolute atomic E-state index is 10.9. The van der Waals surface area contributed by atoms with Crippen molar-refractivity contribution in [3.05, 3.63) is 61.3 Å². The average Bonchev–Trinajstić information content (AvgIpc) is 2.37. The number of nitrogens with zero attached hydrogens (tertiary/aromatic N) is 2. The van der Waals surface area contributed by atoms with E-state index in [1.165, 1.54) is 12.4 Å². The molecule has 0 saturated carbocycles. The van der Waals surface area contributed by atoms with Gasteiger partial charge in [-0.15, -0.1) is 0 Å². The molecular formula is C12H9Br2N3O2. The number of hydrogen-bond donors (Lipinski definition) is 1. The van der Waals surface area contributed by atoms with Gasteiger partial charge in [0, 0.05) is 17.2 Å². The third-order valence-electron chi connectivity index (χ3n) is 2.43. The minimum atomic E-state index is -0.457. The minimum Gasteiger partial charge on any atom is -0.374 e. The summed E-state index contributed by atoms with van der Waals surface area (Å²) >= 11 is 6.65. The van der Waals surface area contributed by atoms with E-state index < -0.39 is 4.92 Å². The molecule has 0 amide bonds. The van der Waals surface area contributed by atoms with Crippen LogP contribution in [-0.4, -0.2) is 9.91 Å². The summed E-state index contributed by atoms with van der Waals surface area (Å²) in [6, 6.07) is 7.73. The van der Waals surface area contributed by atoms with Gasteiger partial charge in [-0.25, -0.2) is 0 Å². The molecule has 1 aromatic heterocycles. The van der Waals surface area contributed by atoms with Gasteiger partial charge in [0.2, 0.25) is 0 Å². The number of halogens is 2. The molecule has 1 aromatic carbocycles. The van der Waals surface area contributed by atoms with Crippen LogP contribution in [0.25, 0.3) is 0 Å². The van der Waals surface area contributed by atoms with Crippen molar-refractivity contribution in [1.29, 1.82) is 0 Å². The van der Waals surface area contributed by atoms with Crippen LogP contribution in [0.1, 0.15) is 5.56 Å². The van der Waals surface area contributed by atoms with Gasteiger partial charge in [-0.1, -0.05) is 28.1 Å². The molecule has 0 fully saturated rings. The first-order valence-electron chi connectivity index (χ1n) is 5.34. The van der Waals surface area contributed by atoms with Crippen molar-refractivity contribution < 1.29 is 4.92 Å². The number of rotatable bonds is 4. The average molecular weight is 387 g/mol. The molecule has 1 heterocycles. The fraction of sp³-hybridized carbons (Fsp3) is 0.0833. The Balaban J connectivity index is 2.22.